The van der Waals surface area contributed by atoms with Crippen LogP contribution < -0.4 is 5.32 Å². The molecule has 0 bridgehead atoms. The third-order valence-electron chi connectivity index (χ3n) is 2.73. The van der Waals surface area contributed by atoms with Gasteiger partial charge in [-0.2, -0.15) is 0 Å². The molecule has 0 unspecified atom stereocenters. The van der Waals surface area contributed by atoms with Gasteiger partial charge < -0.3 is 10.4 Å². The van der Waals surface area contributed by atoms with Crippen LogP contribution in [0.5, 0.6) is 5.75 Å². The molecule has 2 nitrogen and oxygen atoms in total. The first-order valence-corrected chi connectivity index (χ1v) is 5.28. The predicted octanol–water partition coefficient (Wildman–Crippen LogP) is 3.20. The molecule has 1 aromatic rings. The van der Waals surface area contributed by atoms with E-state index in [2.05, 4.69) is 5.32 Å². The van der Waals surface area contributed by atoms with Gasteiger partial charge in [0.2, 0.25) is 0 Å². The lowest BCUT2D eigenvalue weighted by atomic mass is 10.0. The van der Waals surface area contributed by atoms with E-state index < -0.39 is 0 Å². The molecular formula is C11H15Cl2NO. The monoisotopic (exact) mass is 247 g/mol. The molecule has 1 atom stereocenters. The largest absolute Gasteiger partial charge is 0.507 e. The Morgan fingerprint density at radius 1 is 1.47 bits per heavy atom. The number of benzene rings is 1. The van der Waals surface area contributed by atoms with Crippen LogP contribution in [0.15, 0.2) is 12.1 Å². The van der Waals surface area contributed by atoms with Crippen LogP contribution in [0.4, 0.5) is 0 Å². The number of halogens is 2. The fourth-order valence-electron chi connectivity index (χ4n) is 1.98. The summed E-state index contributed by atoms with van der Waals surface area (Å²) in [5, 5.41) is 13.9. The van der Waals surface area contributed by atoms with E-state index in [1.807, 2.05) is 13.0 Å². The van der Waals surface area contributed by atoms with Gasteiger partial charge in [0.25, 0.3) is 0 Å². The van der Waals surface area contributed by atoms with Crippen molar-refractivity contribution in [1.82, 2.24) is 5.32 Å². The summed E-state index contributed by atoms with van der Waals surface area (Å²) in [5.41, 5.74) is 1.79. The third-order valence-corrected chi connectivity index (χ3v) is 2.95. The minimum absolute atomic E-state index is 0. The quantitative estimate of drug-likeness (QED) is 0.799. The van der Waals surface area contributed by atoms with Crippen LogP contribution in [0, 0.1) is 6.92 Å². The van der Waals surface area contributed by atoms with E-state index in [4.69, 9.17) is 11.6 Å². The fraction of sp³-hybridized carbons (Fsp3) is 0.455. The number of nitrogens with one attached hydrogen (secondary N) is 1. The lowest BCUT2D eigenvalue weighted by molar-refractivity contribution is 0.453. The van der Waals surface area contributed by atoms with Gasteiger partial charge in [0, 0.05) is 16.6 Å². The number of rotatable bonds is 1. The maximum absolute atomic E-state index is 9.88. The van der Waals surface area contributed by atoms with Crippen molar-refractivity contribution in [2.24, 2.45) is 0 Å². The summed E-state index contributed by atoms with van der Waals surface area (Å²) < 4.78 is 0. The number of hydrogen-bond donors (Lipinski definition) is 2. The zero-order valence-corrected chi connectivity index (χ0v) is 10.2. The van der Waals surface area contributed by atoms with Crippen molar-refractivity contribution in [1.29, 1.82) is 0 Å². The van der Waals surface area contributed by atoms with Crippen LogP contribution in [-0.2, 0) is 0 Å². The van der Waals surface area contributed by atoms with Gasteiger partial charge in [0.15, 0.2) is 0 Å². The topological polar surface area (TPSA) is 32.3 Å². The molecule has 0 aliphatic carbocycles. The Morgan fingerprint density at radius 2 is 2.20 bits per heavy atom. The van der Waals surface area contributed by atoms with Crippen molar-refractivity contribution in [3.05, 3.63) is 28.3 Å². The molecule has 0 saturated carbocycles. The van der Waals surface area contributed by atoms with E-state index in [1.54, 1.807) is 6.07 Å². The molecule has 84 valence electrons. The first-order chi connectivity index (χ1) is 6.68. The number of aryl methyl sites for hydroxylation is 1. The second-order valence-electron chi connectivity index (χ2n) is 3.81. The first kappa shape index (κ1) is 12.6. The van der Waals surface area contributed by atoms with Crippen molar-refractivity contribution >= 4 is 24.0 Å². The minimum atomic E-state index is 0. The smallest absolute Gasteiger partial charge is 0.123 e. The van der Waals surface area contributed by atoms with Gasteiger partial charge in [-0.1, -0.05) is 11.6 Å². The van der Waals surface area contributed by atoms with Gasteiger partial charge in [0.05, 0.1) is 0 Å². The van der Waals surface area contributed by atoms with Gasteiger partial charge in [0.1, 0.15) is 5.75 Å². The van der Waals surface area contributed by atoms with E-state index in [9.17, 15) is 5.11 Å². The highest BCUT2D eigenvalue weighted by Crippen LogP contribution is 2.34. The van der Waals surface area contributed by atoms with Crippen molar-refractivity contribution in [2.75, 3.05) is 6.54 Å². The molecule has 0 aromatic heterocycles. The zero-order chi connectivity index (χ0) is 10.1. The Labute approximate surface area is 101 Å². The molecule has 2 rings (SSSR count). The Hall–Kier alpha value is -0.440. The highest BCUT2D eigenvalue weighted by molar-refractivity contribution is 6.30. The lowest BCUT2D eigenvalue weighted by Crippen LogP contribution is -2.13. The molecule has 1 saturated heterocycles. The Morgan fingerprint density at radius 3 is 2.80 bits per heavy atom. The molecule has 4 heteroatoms. The average molecular weight is 248 g/mol. The van der Waals surface area contributed by atoms with Crippen LogP contribution in [0.1, 0.15) is 30.0 Å². The van der Waals surface area contributed by atoms with Gasteiger partial charge in [-0.15, -0.1) is 12.4 Å². The highest BCUT2D eigenvalue weighted by Gasteiger charge is 2.20. The predicted molar refractivity (Wildman–Crippen MR) is 65.1 cm³/mol. The van der Waals surface area contributed by atoms with Gasteiger partial charge in [-0.05, 0) is 44.0 Å². The van der Waals surface area contributed by atoms with Crippen LogP contribution in [0.3, 0.4) is 0 Å². The lowest BCUT2D eigenvalue weighted by Gasteiger charge is -2.14. The SMILES string of the molecule is Cc1cc(Cl)cc([C@H]2CCCN2)c1O.Cl. The molecule has 15 heavy (non-hydrogen) atoms. The van der Waals surface area contributed by atoms with Crippen molar-refractivity contribution < 1.29 is 5.11 Å². The molecule has 0 spiro atoms. The summed E-state index contributed by atoms with van der Waals surface area (Å²) in [5.74, 6) is 0.383. The van der Waals surface area contributed by atoms with E-state index in [1.165, 1.54) is 0 Å². The van der Waals surface area contributed by atoms with Gasteiger partial charge in [-0.3, -0.25) is 0 Å². The normalized spacial score (nSPS) is 20.0. The minimum Gasteiger partial charge on any atom is -0.507 e. The summed E-state index contributed by atoms with van der Waals surface area (Å²) >= 11 is 5.96. The summed E-state index contributed by atoms with van der Waals surface area (Å²) in [6.45, 7) is 2.90. The van der Waals surface area contributed by atoms with E-state index in [0.29, 0.717) is 10.8 Å². The molecule has 2 N–H and O–H groups in total. The standard InChI is InChI=1S/C11H14ClNO.ClH/c1-7-5-8(12)6-9(11(7)14)10-3-2-4-13-10;/h5-6,10,13-14H,2-4H2,1H3;1H/t10-;/m1./s1. The fourth-order valence-corrected chi connectivity index (χ4v) is 2.26. The maximum Gasteiger partial charge on any atom is 0.123 e. The van der Waals surface area contributed by atoms with Gasteiger partial charge in [-0.25, -0.2) is 0 Å². The second kappa shape index (κ2) is 5.06. The molecule has 1 aliphatic heterocycles. The molecule has 1 aromatic carbocycles. The summed E-state index contributed by atoms with van der Waals surface area (Å²) in [6.07, 6.45) is 2.24. The van der Waals surface area contributed by atoms with Crippen molar-refractivity contribution in [3.8, 4) is 5.75 Å². The highest BCUT2D eigenvalue weighted by atomic mass is 35.5. The molecule has 1 fully saturated rings. The van der Waals surface area contributed by atoms with E-state index >= 15 is 0 Å². The Kier molecular flexibility index (Phi) is 4.26. The summed E-state index contributed by atoms with van der Waals surface area (Å²) in [6, 6.07) is 3.91. The molecule has 1 aliphatic rings. The zero-order valence-electron chi connectivity index (χ0n) is 8.59. The van der Waals surface area contributed by atoms with Gasteiger partial charge >= 0.3 is 0 Å². The van der Waals surface area contributed by atoms with E-state index in [-0.39, 0.29) is 18.4 Å². The number of phenols is 1. The summed E-state index contributed by atoms with van der Waals surface area (Å²) in [7, 11) is 0. The number of phenolic OH excluding ortho intramolecular Hbond substituents is 1. The molecule has 0 radical (unpaired) electrons. The molecule has 0 amide bonds. The molecule has 1 heterocycles. The summed E-state index contributed by atoms with van der Waals surface area (Å²) in [4.78, 5) is 0. The third kappa shape index (κ3) is 2.57. The maximum atomic E-state index is 9.88. The Balaban J connectivity index is 0.00000112. The van der Waals surface area contributed by atoms with Crippen LogP contribution >= 0.6 is 24.0 Å². The van der Waals surface area contributed by atoms with E-state index in [0.717, 1.165) is 30.5 Å². The molecular weight excluding hydrogens is 233 g/mol. The Bertz CT molecular complexity index is 349. The van der Waals surface area contributed by atoms with Crippen LogP contribution in [0.25, 0.3) is 0 Å². The van der Waals surface area contributed by atoms with Crippen LogP contribution in [0.2, 0.25) is 5.02 Å². The average Bonchev–Trinajstić information content (AvgIpc) is 2.63. The first-order valence-electron chi connectivity index (χ1n) is 4.91. The number of hydrogen-bond acceptors (Lipinski definition) is 2. The van der Waals surface area contributed by atoms with Crippen molar-refractivity contribution in [3.63, 3.8) is 0 Å². The number of aromatic hydroxyl groups is 1. The second-order valence-corrected chi connectivity index (χ2v) is 4.25. The van der Waals surface area contributed by atoms with Crippen molar-refractivity contribution in [2.45, 2.75) is 25.8 Å². The van der Waals surface area contributed by atoms with Crippen LogP contribution in [-0.4, -0.2) is 11.7 Å².